The van der Waals surface area contributed by atoms with Gasteiger partial charge < -0.3 is 9.30 Å². The van der Waals surface area contributed by atoms with E-state index in [-0.39, 0.29) is 5.97 Å². The van der Waals surface area contributed by atoms with Gasteiger partial charge in [0.25, 0.3) is 0 Å². The van der Waals surface area contributed by atoms with E-state index in [1.54, 1.807) is 0 Å². The minimum absolute atomic E-state index is 0.224. The number of carbonyl (C=O) groups excluding carboxylic acids is 1. The molecule has 3 nitrogen and oxygen atoms in total. The van der Waals surface area contributed by atoms with Crippen LogP contribution >= 0.6 is 0 Å². The predicted octanol–water partition coefficient (Wildman–Crippen LogP) is 4.92. The molecule has 0 aliphatic rings. The van der Waals surface area contributed by atoms with Crippen LogP contribution in [-0.4, -0.2) is 16.1 Å². The SMILES string of the molecule is CCc1c(CC)c(C(=O)OC(C)(C)C)n(Cc2ccccc2)c1C. The van der Waals surface area contributed by atoms with E-state index in [4.69, 9.17) is 4.74 Å². The van der Waals surface area contributed by atoms with Crippen LogP contribution in [0.25, 0.3) is 0 Å². The Labute approximate surface area is 145 Å². The highest BCUT2D eigenvalue weighted by molar-refractivity contribution is 5.90. The first-order valence-corrected chi connectivity index (χ1v) is 8.76. The second-order valence-electron chi connectivity index (χ2n) is 7.17. The van der Waals surface area contributed by atoms with Crippen LogP contribution in [0.2, 0.25) is 0 Å². The molecule has 0 radical (unpaired) electrons. The molecule has 0 saturated carbocycles. The Kier molecular flexibility index (Phi) is 5.53. The van der Waals surface area contributed by atoms with Gasteiger partial charge in [-0.25, -0.2) is 4.79 Å². The fraction of sp³-hybridized carbons (Fsp3) is 0.476. The summed E-state index contributed by atoms with van der Waals surface area (Å²) < 4.78 is 7.82. The minimum Gasteiger partial charge on any atom is -0.455 e. The smallest absolute Gasteiger partial charge is 0.355 e. The summed E-state index contributed by atoms with van der Waals surface area (Å²) in [6, 6.07) is 10.3. The molecule has 0 bridgehead atoms. The first-order chi connectivity index (χ1) is 11.3. The maximum atomic E-state index is 12.9. The van der Waals surface area contributed by atoms with Crippen LogP contribution in [0.4, 0.5) is 0 Å². The first-order valence-electron chi connectivity index (χ1n) is 8.76. The van der Waals surface area contributed by atoms with Crippen molar-refractivity contribution in [2.45, 2.75) is 66.5 Å². The molecule has 0 atom stereocenters. The van der Waals surface area contributed by atoms with Crippen molar-refractivity contribution in [3.05, 3.63) is 58.4 Å². The van der Waals surface area contributed by atoms with E-state index in [2.05, 4.69) is 37.5 Å². The molecular weight excluding hydrogens is 298 g/mol. The summed E-state index contributed by atoms with van der Waals surface area (Å²) in [4.78, 5) is 12.9. The third-order valence-corrected chi connectivity index (χ3v) is 4.24. The number of carbonyl (C=O) groups is 1. The molecular formula is C21H29NO2. The van der Waals surface area contributed by atoms with Crippen molar-refractivity contribution in [2.75, 3.05) is 0 Å². The van der Waals surface area contributed by atoms with Gasteiger partial charge in [-0.1, -0.05) is 44.2 Å². The van der Waals surface area contributed by atoms with Gasteiger partial charge in [-0.3, -0.25) is 0 Å². The molecule has 0 unspecified atom stereocenters. The summed E-state index contributed by atoms with van der Waals surface area (Å²) in [5, 5.41) is 0. The maximum Gasteiger partial charge on any atom is 0.355 e. The number of esters is 1. The van der Waals surface area contributed by atoms with Crippen LogP contribution in [-0.2, 0) is 24.1 Å². The molecule has 0 aliphatic heterocycles. The first kappa shape index (κ1) is 18.3. The van der Waals surface area contributed by atoms with Crippen LogP contribution in [0.5, 0.6) is 0 Å². The third-order valence-electron chi connectivity index (χ3n) is 4.24. The lowest BCUT2D eigenvalue weighted by Gasteiger charge is -2.21. The summed E-state index contributed by atoms with van der Waals surface area (Å²) in [7, 11) is 0. The molecule has 2 rings (SSSR count). The molecule has 1 heterocycles. The molecule has 0 spiro atoms. The zero-order valence-electron chi connectivity index (χ0n) is 15.8. The Hall–Kier alpha value is -2.03. The highest BCUT2D eigenvalue weighted by Crippen LogP contribution is 2.27. The lowest BCUT2D eigenvalue weighted by atomic mass is 10.0. The van der Waals surface area contributed by atoms with Crippen molar-refractivity contribution in [2.24, 2.45) is 0 Å². The van der Waals surface area contributed by atoms with E-state index in [1.807, 2.05) is 39.0 Å². The summed E-state index contributed by atoms with van der Waals surface area (Å²) in [6.45, 7) is 12.8. The van der Waals surface area contributed by atoms with Gasteiger partial charge in [0.15, 0.2) is 0 Å². The van der Waals surface area contributed by atoms with Crippen molar-refractivity contribution in [1.82, 2.24) is 4.57 Å². The number of hydrogen-bond donors (Lipinski definition) is 0. The van der Waals surface area contributed by atoms with Crippen LogP contribution < -0.4 is 0 Å². The topological polar surface area (TPSA) is 31.2 Å². The molecule has 0 amide bonds. The molecule has 3 heteroatoms. The quantitative estimate of drug-likeness (QED) is 0.730. The fourth-order valence-electron chi connectivity index (χ4n) is 3.23. The zero-order chi connectivity index (χ0) is 17.9. The maximum absolute atomic E-state index is 12.9. The molecule has 0 saturated heterocycles. The van der Waals surface area contributed by atoms with Crippen LogP contribution in [0.3, 0.4) is 0 Å². The second-order valence-corrected chi connectivity index (χ2v) is 7.17. The highest BCUT2D eigenvalue weighted by atomic mass is 16.6. The number of aromatic nitrogens is 1. The molecule has 130 valence electrons. The molecule has 1 aromatic carbocycles. The number of benzene rings is 1. The van der Waals surface area contributed by atoms with Gasteiger partial charge in [-0.15, -0.1) is 0 Å². The largest absolute Gasteiger partial charge is 0.455 e. The van der Waals surface area contributed by atoms with Crippen molar-refractivity contribution in [3.63, 3.8) is 0 Å². The highest BCUT2D eigenvalue weighted by Gasteiger charge is 2.27. The zero-order valence-corrected chi connectivity index (χ0v) is 15.8. The Morgan fingerprint density at radius 1 is 1.04 bits per heavy atom. The summed E-state index contributed by atoms with van der Waals surface area (Å²) in [5.74, 6) is -0.224. The summed E-state index contributed by atoms with van der Waals surface area (Å²) in [5.41, 5.74) is 4.97. The number of nitrogens with zero attached hydrogens (tertiary/aromatic N) is 1. The van der Waals surface area contributed by atoms with Crippen molar-refractivity contribution in [1.29, 1.82) is 0 Å². The van der Waals surface area contributed by atoms with Gasteiger partial charge in [-0.05, 0) is 57.2 Å². The number of rotatable bonds is 5. The summed E-state index contributed by atoms with van der Waals surface area (Å²) in [6.07, 6.45) is 1.76. The van der Waals surface area contributed by atoms with E-state index in [1.165, 1.54) is 16.8 Å². The van der Waals surface area contributed by atoms with E-state index < -0.39 is 5.60 Å². The van der Waals surface area contributed by atoms with E-state index in [0.717, 1.165) is 18.4 Å². The van der Waals surface area contributed by atoms with Crippen LogP contribution in [0.1, 0.15) is 67.5 Å². The summed E-state index contributed by atoms with van der Waals surface area (Å²) >= 11 is 0. The van der Waals surface area contributed by atoms with Crippen LogP contribution in [0.15, 0.2) is 30.3 Å². The van der Waals surface area contributed by atoms with E-state index in [0.29, 0.717) is 12.2 Å². The minimum atomic E-state index is -0.496. The van der Waals surface area contributed by atoms with Gasteiger partial charge in [0, 0.05) is 12.2 Å². The average molecular weight is 327 g/mol. The van der Waals surface area contributed by atoms with Gasteiger partial charge in [0.2, 0.25) is 0 Å². The van der Waals surface area contributed by atoms with E-state index in [9.17, 15) is 4.79 Å². The van der Waals surface area contributed by atoms with Gasteiger partial charge in [0.05, 0.1) is 0 Å². The third kappa shape index (κ3) is 3.89. The Morgan fingerprint density at radius 2 is 1.62 bits per heavy atom. The van der Waals surface area contributed by atoms with Gasteiger partial charge >= 0.3 is 5.97 Å². The number of ether oxygens (including phenoxy) is 1. The Balaban J connectivity index is 2.55. The molecule has 24 heavy (non-hydrogen) atoms. The molecule has 1 aromatic heterocycles. The van der Waals surface area contributed by atoms with Gasteiger partial charge in [0.1, 0.15) is 11.3 Å². The predicted molar refractivity (Wildman–Crippen MR) is 98.6 cm³/mol. The van der Waals surface area contributed by atoms with Crippen molar-refractivity contribution in [3.8, 4) is 0 Å². The average Bonchev–Trinajstić information content (AvgIpc) is 2.78. The lowest BCUT2D eigenvalue weighted by Crippen LogP contribution is -2.26. The van der Waals surface area contributed by atoms with E-state index >= 15 is 0 Å². The van der Waals surface area contributed by atoms with Crippen LogP contribution in [0, 0.1) is 6.92 Å². The molecule has 0 N–H and O–H groups in total. The fourth-order valence-corrected chi connectivity index (χ4v) is 3.23. The van der Waals surface area contributed by atoms with Crippen molar-refractivity contribution >= 4 is 5.97 Å². The molecule has 0 aliphatic carbocycles. The monoisotopic (exact) mass is 327 g/mol. The van der Waals surface area contributed by atoms with Crippen molar-refractivity contribution < 1.29 is 9.53 Å². The van der Waals surface area contributed by atoms with Gasteiger partial charge in [-0.2, -0.15) is 0 Å². The normalized spacial score (nSPS) is 11.6. The molecule has 2 aromatic rings. The lowest BCUT2D eigenvalue weighted by molar-refractivity contribution is 0.00567. The Bertz CT molecular complexity index is 706. The Morgan fingerprint density at radius 3 is 2.12 bits per heavy atom. The number of hydrogen-bond acceptors (Lipinski definition) is 2. The second kappa shape index (κ2) is 7.25. The standard InChI is InChI=1S/C21H29NO2/c1-7-17-15(3)22(14-16-12-10-9-11-13-16)19(18(17)8-2)20(23)24-21(4,5)6/h9-13H,7-8,14H2,1-6H3. The molecule has 0 fully saturated rings.